The molecule has 5 nitrogen and oxygen atoms in total. The van der Waals surface area contributed by atoms with Gasteiger partial charge in [0.1, 0.15) is 5.82 Å². The number of carbonyl (C=O) groups excluding carboxylic acids is 1. The highest BCUT2D eigenvalue weighted by Crippen LogP contribution is 2.21. The van der Waals surface area contributed by atoms with Gasteiger partial charge in [-0.3, -0.25) is 9.78 Å². The molecule has 28 heavy (non-hydrogen) atoms. The number of carbonyl (C=O) groups is 1. The minimum Gasteiger partial charge on any atom is -0.310 e. The molecule has 0 aliphatic carbocycles. The highest BCUT2D eigenvalue weighted by molar-refractivity contribution is 5.94. The molecule has 0 bridgehead atoms. The molecule has 1 saturated heterocycles. The zero-order valence-electron chi connectivity index (χ0n) is 15.9. The summed E-state index contributed by atoms with van der Waals surface area (Å²) in [5, 5.41) is 5.01. The molecule has 1 aliphatic rings. The molecule has 5 heteroatoms. The summed E-state index contributed by atoms with van der Waals surface area (Å²) in [6, 6.07) is 11.7. The minimum atomic E-state index is 0.0614. The van der Waals surface area contributed by atoms with Gasteiger partial charge in [-0.15, -0.1) is 0 Å². The molecule has 0 atom stereocenters. The van der Waals surface area contributed by atoms with E-state index >= 15 is 0 Å². The number of nitrogens with zero attached hydrogens (tertiary/aromatic N) is 3. The maximum absolute atomic E-state index is 12.5. The van der Waals surface area contributed by atoms with Crippen LogP contribution in [-0.4, -0.2) is 40.9 Å². The summed E-state index contributed by atoms with van der Waals surface area (Å²) in [6.07, 6.45) is 7.04. The maximum Gasteiger partial charge on any atom is 0.228 e. The van der Waals surface area contributed by atoms with Gasteiger partial charge in [-0.05, 0) is 68.7 Å². The van der Waals surface area contributed by atoms with Crippen molar-refractivity contribution in [2.75, 3.05) is 25.5 Å². The number of aromatic nitrogens is 2. The number of rotatable bonds is 2. The second-order valence-electron chi connectivity index (χ2n) is 7.18. The first-order valence-electron chi connectivity index (χ1n) is 9.49. The highest BCUT2D eigenvalue weighted by atomic mass is 16.1. The Balaban J connectivity index is 1.51. The molecule has 140 valence electrons. The van der Waals surface area contributed by atoms with Crippen LogP contribution in [0.3, 0.4) is 0 Å². The molecule has 0 spiro atoms. The van der Waals surface area contributed by atoms with Crippen molar-refractivity contribution in [2.45, 2.75) is 12.8 Å². The predicted octanol–water partition coefficient (Wildman–Crippen LogP) is 3.31. The Hall–Kier alpha value is -3.23. The third kappa shape index (κ3) is 4.36. The van der Waals surface area contributed by atoms with Crippen molar-refractivity contribution in [3.05, 3.63) is 66.1 Å². The molecule has 1 aromatic carbocycles. The number of piperidine rings is 1. The van der Waals surface area contributed by atoms with Crippen molar-refractivity contribution >= 4 is 22.5 Å². The molecule has 1 aliphatic heterocycles. The van der Waals surface area contributed by atoms with E-state index in [-0.39, 0.29) is 11.8 Å². The van der Waals surface area contributed by atoms with Gasteiger partial charge in [-0.1, -0.05) is 17.9 Å². The molecular formula is C23H22N4O. The first kappa shape index (κ1) is 18.1. The first-order valence-corrected chi connectivity index (χ1v) is 9.49. The third-order valence-electron chi connectivity index (χ3n) is 5.09. The van der Waals surface area contributed by atoms with Crippen LogP contribution in [0.15, 0.2) is 55.0 Å². The van der Waals surface area contributed by atoms with Gasteiger partial charge >= 0.3 is 0 Å². The topological polar surface area (TPSA) is 58.1 Å². The average Bonchev–Trinajstić information content (AvgIpc) is 2.73. The molecule has 1 amide bonds. The Bertz CT molecular complexity index is 1040. The van der Waals surface area contributed by atoms with Crippen molar-refractivity contribution in [1.29, 1.82) is 0 Å². The van der Waals surface area contributed by atoms with Gasteiger partial charge in [-0.25, -0.2) is 4.98 Å². The number of fused-ring (bicyclic) bond motifs is 1. The van der Waals surface area contributed by atoms with Crippen LogP contribution in [0.25, 0.3) is 10.8 Å². The minimum absolute atomic E-state index is 0.0614. The van der Waals surface area contributed by atoms with E-state index in [1.807, 2.05) is 36.4 Å². The van der Waals surface area contributed by atoms with Crippen molar-refractivity contribution in [2.24, 2.45) is 5.92 Å². The monoisotopic (exact) mass is 370 g/mol. The number of nitrogens with one attached hydrogen (secondary N) is 1. The number of benzene rings is 1. The Morgan fingerprint density at radius 3 is 2.57 bits per heavy atom. The fraction of sp³-hybridized carbons (Fsp3) is 0.261. The van der Waals surface area contributed by atoms with Crippen LogP contribution in [0.1, 0.15) is 24.0 Å². The second-order valence-corrected chi connectivity index (χ2v) is 7.18. The van der Waals surface area contributed by atoms with Crippen molar-refractivity contribution in [1.82, 2.24) is 14.9 Å². The lowest BCUT2D eigenvalue weighted by molar-refractivity contribution is -0.121. The van der Waals surface area contributed by atoms with Crippen LogP contribution in [0, 0.1) is 17.8 Å². The Kier molecular flexibility index (Phi) is 5.31. The van der Waals surface area contributed by atoms with Crippen LogP contribution < -0.4 is 5.32 Å². The van der Waals surface area contributed by atoms with Gasteiger partial charge in [0.15, 0.2) is 0 Å². The number of hydrogen-bond donors (Lipinski definition) is 1. The lowest BCUT2D eigenvalue weighted by Gasteiger charge is -2.27. The number of pyridine rings is 2. The summed E-state index contributed by atoms with van der Waals surface area (Å²) < 4.78 is 0. The number of likely N-dealkylation sites (tertiary alicyclic amines) is 1. The Labute approximate surface area is 164 Å². The van der Waals surface area contributed by atoms with Crippen molar-refractivity contribution in [3.8, 4) is 11.8 Å². The zero-order chi connectivity index (χ0) is 19.3. The predicted molar refractivity (Wildman–Crippen MR) is 111 cm³/mol. The summed E-state index contributed by atoms with van der Waals surface area (Å²) in [5.74, 6) is 7.04. The smallest absolute Gasteiger partial charge is 0.228 e. The molecule has 0 radical (unpaired) electrons. The zero-order valence-corrected chi connectivity index (χ0v) is 15.9. The molecule has 4 rings (SSSR count). The normalized spacial score (nSPS) is 15.0. The van der Waals surface area contributed by atoms with E-state index in [0.717, 1.165) is 47.8 Å². The van der Waals surface area contributed by atoms with E-state index in [1.165, 1.54) is 0 Å². The van der Waals surface area contributed by atoms with E-state index in [9.17, 15) is 4.79 Å². The Morgan fingerprint density at radius 1 is 1.04 bits per heavy atom. The van der Waals surface area contributed by atoms with Gasteiger partial charge in [-0.2, -0.15) is 0 Å². The Morgan fingerprint density at radius 2 is 1.79 bits per heavy atom. The highest BCUT2D eigenvalue weighted by Gasteiger charge is 2.23. The fourth-order valence-electron chi connectivity index (χ4n) is 3.37. The van der Waals surface area contributed by atoms with E-state index in [1.54, 1.807) is 18.6 Å². The van der Waals surface area contributed by atoms with E-state index in [2.05, 4.69) is 39.1 Å². The lowest BCUT2D eigenvalue weighted by atomic mass is 9.96. The average molecular weight is 370 g/mol. The van der Waals surface area contributed by atoms with Gasteiger partial charge < -0.3 is 10.2 Å². The largest absolute Gasteiger partial charge is 0.310 e. The number of hydrogen-bond acceptors (Lipinski definition) is 4. The van der Waals surface area contributed by atoms with E-state index < -0.39 is 0 Å². The second kappa shape index (κ2) is 8.20. The maximum atomic E-state index is 12.5. The van der Waals surface area contributed by atoms with Gasteiger partial charge in [0.05, 0.1) is 0 Å². The lowest BCUT2D eigenvalue weighted by Crippen LogP contribution is -2.36. The van der Waals surface area contributed by atoms with Crippen LogP contribution in [0.5, 0.6) is 0 Å². The molecule has 1 N–H and O–H groups in total. The summed E-state index contributed by atoms with van der Waals surface area (Å²) >= 11 is 0. The standard InChI is InChI=1S/C23H22N4O/c1-27-12-8-19(9-13-27)23(28)26-22-15-21-14-18(4-5-20(21)16-25-22)3-2-17-6-10-24-11-7-17/h4-7,10-11,14-16,19H,8-9,12-13H2,1H3,(H,25,26,28). The number of anilines is 1. The summed E-state index contributed by atoms with van der Waals surface area (Å²) in [5.41, 5.74) is 1.85. The third-order valence-corrected chi connectivity index (χ3v) is 5.09. The SMILES string of the molecule is CN1CCC(C(=O)Nc2cc3cc(C#Cc4ccncc4)ccc3cn2)CC1. The van der Waals surface area contributed by atoms with Gasteiger partial charge in [0.25, 0.3) is 0 Å². The molecule has 1 fully saturated rings. The van der Waals surface area contributed by atoms with E-state index in [4.69, 9.17) is 0 Å². The summed E-state index contributed by atoms with van der Waals surface area (Å²) in [7, 11) is 2.09. The summed E-state index contributed by atoms with van der Waals surface area (Å²) in [4.78, 5) is 23.2. The van der Waals surface area contributed by atoms with Crippen molar-refractivity contribution < 1.29 is 4.79 Å². The van der Waals surface area contributed by atoms with Crippen molar-refractivity contribution in [3.63, 3.8) is 0 Å². The van der Waals surface area contributed by atoms with Crippen LogP contribution in [0.2, 0.25) is 0 Å². The molecular weight excluding hydrogens is 348 g/mol. The first-order chi connectivity index (χ1) is 13.7. The van der Waals surface area contributed by atoms with Crippen LogP contribution in [-0.2, 0) is 4.79 Å². The molecule has 3 aromatic rings. The van der Waals surface area contributed by atoms with Crippen LogP contribution in [0.4, 0.5) is 5.82 Å². The molecule has 3 heterocycles. The molecule has 0 unspecified atom stereocenters. The fourth-order valence-corrected chi connectivity index (χ4v) is 3.37. The van der Waals surface area contributed by atoms with E-state index in [0.29, 0.717) is 5.82 Å². The van der Waals surface area contributed by atoms with Crippen LogP contribution >= 0.6 is 0 Å². The molecule has 0 saturated carbocycles. The number of amides is 1. The molecule has 2 aromatic heterocycles. The van der Waals surface area contributed by atoms with Gasteiger partial charge in [0.2, 0.25) is 5.91 Å². The quantitative estimate of drug-likeness (QED) is 0.703. The van der Waals surface area contributed by atoms with Gasteiger partial charge in [0, 0.05) is 41.0 Å². The summed E-state index contributed by atoms with van der Waals surface area (Å²) in [6.45, 7) is 1.92.